The predicted molar refractivity (Wildman–Crippen MR) is 100.0 cm³/mol. The second-order valence-corrected chi connectivity index (χ2v) is 6.99. The van der Waals surface area contributed by atoms with E-state index in [4.69, 9.17) is 9.47 Å². The summed E-state index contributed by atoms with van der Waals surface area (Å²) in [4.78, 5) is 14.8. The normalized spacial score (nSPS) is 16.6. The van der Waals surface area contributed by atoms with Crippen LogP contribution < -0.4 is 10.1 Å². The molecule has 25 heavy (non-hydrogen) atoms. The Morgan fingerprint density at radius 2 is 1.92 bits per heavy atom. The van der Waals surface area contributed by atoms with Crippen LogP contribution in [0.25, 0.3) is 0 Å². The van der Waals surface area contributed by atoms with E-state index in [9.17, 15) is 4.79 Å². The van der Waals surface area contributed by atoms with Crippen molar-refractivity contribution in [2.75, 3.05) is 39.5 Å². The zero-order valence-electron chi connectivity index (χ0n) is 15.8. The first-order valence-corrected chi connectivity index (χ1v) is 9.38. The van der Waals surface area contributed by atoms with E-state index in [1.54, 1.807) is 0 Å². The largest absolute Gasteiger partial charge is 0.494 e. The second-order valence-electron chi connectivity index (χ2n) is 6.99. The number of benzene rings is 1. The summed E-state index contributed by atoms with van der Waals surface area (Å²) in [6.45, 7) is 11.3. The molecule has 1 atom stereocenters. The van der Waals surface area contributed by atoms with Gasteiger partial charge in [0.2, 0.25) is 5.91 Å². The van der Waals surface area contributed by atoms with Crippen molar-refractivity contribution in [1.29, 1.82) is 0 Å². The van der Waals surface area contributed by atoms with Gasteiger partial charge in [-0.3, -0.25) is 9.69 Å². The van der Waals surface area contributed by atoms with Crippen LogP contribution in [0.5, 0.6) is 5.75 Å². The van der Waals surface area contributed by atoms with Crippen molar-refractivity contribution >= 4 is 5.91 Å². The molecule has 0 aromatic heterocycles. The fourth-order valence-electron chi connectivity index (χ4n) is 3.20. The first-order chi connectivity index (χ1) is 12.1. The van der Waals surface area contributed by atoms with E-state index < -0.39 is 0 Å². The molecule has 5 heteroatoms. The summed E-state index contributed by atoms with van der Waals surface area (Å²) in [6, 6.07) is 8.13. The van der Waals surface area contributed by atoms with Gasteiger partial charge in [0.15, 0.2) is 0 Å². The van der Waals surface area contributed by atoms with Crippen molar-refractivity contribution in [1.82, 2.24) is 10.2 Å². The van der Waals surface area contributed by atoms with E-state index in [1.165, 1.54) is 0 Å². The van der Waals surface area contributed by atoms with E-state index in [-0.39, 0.29) is 5.91 Å². The van der Waals surface area contributed by atoms with Gasteiger partial charge in [-0.2, -0.15) is 0 Å². The molecule has 1 unspecified atom stereocenters. The number of hydrogen-bond donors (Lipinski definition) is 1. The average molecular weight is 348 g/mol. The molecule has 1 aromatic rings. The maximum atomic E-state index is 12.3. The standard InChI is InChI=1S/C20H32N2O3/c1-4-25-19-7-5-17(6-8-19)14-20(23)21-15-18(13-16(2)3)22-9-11-24-12-10-22/h5-8,16,18H,4,9-15H2,1-3H3,(H,21,23). The van der Waals surface area contributed by atoms with Crippen LogP contribution in [0.15, 0.2) is 24.3 Å². The molecule has 1 heterocycles. The summed E-state index contributed by atoms with van der Waals surface area (Å²) in [5, 5.41) is 3.12. The van der Waals surface area contributed by atoms with Crippen molar-refractivity contribution in [2.24, 2.45) is 5.92 Å². The number of morpholine rings is 1. The summed E-state index contributed by atoms with van der Waals surface area (Å²) in [6.07, 6.45) is 1.49. The summed E-state index contributed by atoms with van der Waals surface area (Å²) >= 11 is 0. The molecule has 1 aromatic carbocycles. The van der Waals surface area contributed by atoms with E-state index in [2.05, 4.69) is 24.1 Å². The summed E-state index contributed by atoms with van der Waals surface area (Å²) < 4.78 is 10.9. The molecule has 1 aliphatic rings. The number of amides is 1. The molecule has 5 nitrogen and oxygen atoms in total. The number of nitrogens with zero attached hydrogens (tertiary/aromatic N) is 1. The molecule has 1 amide bonds. The van der Waals surface area contributed by atoms with Gasteiger partial charge in [0.1, 0.15) is 5.75 Å². The molecule has 1 aliphatic heterocycles. The molecule has 1 fully saturated rings. The number of carbonyl (C=O) groups excluding carboxylic acids is 1. The summed E-state index contributed by atoms with van der Waals surface area (Å²) in [5.74, 6) is 1.53. The second kappa shape index (κ2) is 10.4. The Kier molecular flexibility index (Phi) is 8.22. The van der Waals surface area contributed by atoms with E-state index in [0.29, 0.717) is 31.5 Å². The SMILES string of the molecule is CCOc1ccc(CC(=O)NCC(CC(C)C)N2CCOCC2)cc1. The lowest BCUT2D eigenvalue weighted by molar-refractivity contribution is -0.120. The fourth-order valence-corrected chi connectivity index (χ4v) is 3.20. The molecule has 1 saturated heterocycles. The highest BCUT2D eigenvalue weighted by Crippen LogP contribution is 2.14. The van der Waals surface area contributed by atoms with Crippen molar-refractivity contribution in [3.63, 3.8) is 0 Å². The zero-order chi connectivity index (χ0) is 18.1. The smallest absolute Gasteiger partial charge is 0.224 e. The molecule has 2 rings (SSSR count). The number of carbonyl (C=O) groups is 1. The van der Waals surface area contributed by atoms with Crippen LogP contribution in [0, 0.1) is 5.92 Å². The van der Waals surface area contributed by atoms with E-state index in [0.717, 1.165) is 44.0 Å². The third-order valence-corrected chi connectivity index (χ3v) is 4.44. The highest BCUT2D eigenvalue weighted by molar-refractivity contribution is 5.78. The molecule has 0 saturated carbocycles. The maximum Gasteiger partial charge on any atom is 0.224 e. The van der Waals surface area contributed by atoms with Crippen LogP contribution in [-0.2, 0) is 16.0 Å². The fraction of sp³-hybridized carbons (Fsp3) is 0.650. The predicted octanol–water partition coefficient (Wildman–Crippen LogP) is 2.49. The van der Waals surface area contributed by atoms with Gasteiger partial charge in [-0.05, 0) is 37.0 Å². The lowest BCUT2D eigenvalue weighted by atomic mass is 10.0. The summed E-state index contributed by atoms with van der Waals surface area (Å²) in [7, 11) is 0. The average Bonchev–Trinajstić information content (AvgIpc) is 2.61. The Labute approximate surface area is 151 Å². The van der Waals surface area contributed by atoms with Crippen LogP contribution in [0.3, 0.4) is 0 Å². The number of hydrogen-bond acceptors (Lipinski definition) is 4. The molecule has 0 aliphatic carbocycles. The van der Waals surface area contributed by atoms with E-state index in [1.807, 2.05) is 31.2 Å². The van der Waals surface area contributed by atoms with Crippen molar-refractivity contribution in [3.05, 3.63) is 29.8 Å². The molecule has 0 radical (unpaired) electrons. The minimum atomic E-state index is 0.0752. The van der Waals surface area contributed by atoms with Gasteiger partial charge in [0, 0.05) is 25.7 Å². The van der Waals surface area contributed by atoms with Crippen molar-refractivity contribution < 1.29 is 14.3 Å². The van der Waals surface area contributed by atoms with Gasteiger partial charge in [-0.1, -0.05) is 26.0 Å². The van der Waals surface area contributed by atoms with Gasteiger partial charge in [0.25, 0.3) is 0 Å². The Morgan fingerprint density at radius 1 is 1.24 bits per heavy atom. The maximum absolute atomic E-state index is 12.3. The molecule has 0 bridgehead atoms. The third-order valence-electron chi connectivity index (χ3n) is 4.44. The van der Waals surface area contributed by atoms with Gasteiger partial charge in [-0.15, -0.1) is 0 Å². The van der Waals surface area contributed by atoms with Crippen molar-refractivity contribution in [2.45, 2.75) is 39.7 Å². The molecule has 1 N–H and O–H groups in total. The van der Waals surface area contributed by atoms with Crippen LogP contribution in [0.2, 0.25) is 0 Å². The first-order valence-electron chi connectivity index (χ1n) is 9.38. The topological polar surface area (TPSA) is 50.8 Å². The van der Waals surface area contributed by atoms with Gasteiger partial charge in [0.05, 0.1) is 26.2 Å². The lowest BCUT2D eigenvalue weighted by Gasteiger charge is -2.35. The first kappa shape index (κ1) is 19.7. The van der Waals surface area contributed by atoms with Gasteiger partial charge < -0.3 is 14.8 Å². The minimum Gasteiger partial charge on any atom is -0.494 e. The highest BCUT2D eigenvalue weighted by Gasteiger charge is 2.22. The highest BCUT2D eigenvalue weighted by atomic mass is 16.5. The van der Waals surface area contributed by atoms with Crippen LogP contribution >= 0.6 is 0 Å². The Bertz CT molecular complexity index is 510. The minimum absolute atomic E-state index is 0.0752. The number of rotatable bonds is 9. The van der Waals surface area contributed by atoms with Gasteiger partial charge in [-0.25, -0.2) is 0 Å². The Morgan fingerprint density at radius 3 is 2.52 bits per heavy atom. The Balaban J connectivity index is 1.82. The van der Waals surface area contributed by atoms with Crippen LogP contribution in [0.4, 0.5) is 0 Å². The van der Waals surface area contributed by atoms with E-state index >= 15 is 0 Å². The molecular formula is C20H32N2O3. The van der Waals surface area contributed by atoms with Gasteiger partial charge >= 0.3 is 0 Å². The number of ether oxygens (including phenoxy) is 2. The molecular weight excluding hydrogens is 316 g/mol. The monoisotopic (exact) mass is 348 g/mol. The molecule has 0 spiro atoms. The van der Waals surface area contributed by atoms with Crippen LogP contribution in [0.1, 0.15) is 32.8 Å². The number of nitrogens with one attached hydrogen (secondary N) is 1. The van der Waals surface area contributed by atoms with Crippen molar-refractivity contribution in [3.8, 4) is 5.75 Å². The Hall–Kier alpha value is -1.59. The quantitative estimate of drug-likeness (QED) is 0.745. The lowest BCUT2D eigenvalue weighted by Crippen LogP contribution is -2.49. The third kappa shape index (κ3) is 7.04. The summed E-state index contributed by atoms with van der Waals surface area (Å²) in [5.41, 5.74) is 1.01. The zero-order valence-corrected chi connectivity index (χ0v) is 15.8. The molecule has 140 valence electrons. The van der Waals surface area contributed by atoms with Crippen LogP contribution in [-0.4, -0.2) is 56.3 Å².